The molecule has 2 N–H and O–H groups in total. The standard InChI is InChI=1S/C9H11Cl2NO3S/c1-6(13)5-12-16(14,15)9-7(10)3-2-4-8(9)11/h2-4,6,12-13H,5H2,1H3. The Bertz CT molecular complexity index is 453. The van der Waals surface area contributed by atoms with Gasteiger partial charge >= 0.3 is 0 Å². The molecule has 0 spiro atoms. The van der Waals surface area contributed by atoms with E-state index in [-0.39, 0.29) is 21.5 Å². The van der Waals surface area contributed by atoms with Gasteiger partial charge in [0.2, 0.25) is 10.0 Å². The summed E-state index contributed by atoms with van der Waals surface area (Å²) >= 11 is 11.5. The maximum Gasteiger partial charge on any atom is 0.243 e. The van der Waals surface area contributed by atoms with Crippen molar-refractivity contribution in [3.8, 4) is 0 Å². The molecule has 0 aliphatic rings. The molecule has 0 saturated heterocycles. The van der Waals surface area contributed by atoms with Crippen molar-refractivity contribution < 1.29 is 13.5 Å². The zero-order valence-corrected chi connectivity index (χ0v) is 10.8. The first-order chi connectivity index (χ1) is 7.34. The number of hydrogen-bond donors (Lipinski definition) is 2. The lowest BCUT2D eigenvalue weighted by atomic mass is 10.4. The van der Waals surface area contributed by atoms with E-state index >= 15 is 0 Å². The van der Waals surface area contributed by atoms with Crippen LogP contribution in [0, 0.1) is 0 Å². The largest absolute Gasteiger partial charge is 0.392 e. The number of nitrogens with one attached hydrogen (secondary N) is 1. The highest BCUT2D eigenvalue weighted by molar-refractivity contribution is 7.89. The predicted molar refractivity (Wildman–Crippen MR) is 63.3 cm³/mol. The van der Waals surface area contributed by atoms with Crippen LogP contribution in [0.2, 0.25) is 10.0 Å². The van der Waals surface area contributed by atoms with E-state index in [9.17, 15) is 8.42 Å². The van der Waals surface area contributed by atoms with Gasteiger partial charge in [0.15, 0.2) is 0 Å². The molecule has 0 aliphatic heterocycles. The van der Waals surface area contributed by atoms with E-state index in [4.69, 9.17) is 28.3 Å². The first-order valence-electron chi connectivity index (χ1n) is 4.46. The molecule has 16 heavy (non-hydrogen) atoms. The minimum absolute atomic E-state index is 0.0468. The number of rotatable bonds is 4. The fourth-order valence-corrected chi connectivity index (χ4v) is 3.30. The van der Waals surface area contributed by atoms with Crippen LogP contribution in [0.5, 0.6) is 0 Å². The van der Waals surface area contributed by atoms with Crippen molar-refractivity contribution in [2.45, 2.75) is 17.9 Å². The van der Waals surface area contributed by atoms with Gasteiger partial charge in [-0.1, -0.05) is 29.3 Å². The molecular weight excluding hydrogens is 273 g/mol. The number of aliphatic hydroxyl groups excluding tert-OH is 1. The Kier molecular flexibility index (Phi) is 4.58. The van der Waals surface area contributed by atoms with Crippen LogP contribution in [-0.2, 0) is 10.0 Å². The van der Waals surface area contributed by atoms with Gasteiger partial charge in [-0.2, -0.15) is 0 Å². The van der Waals surface area contributed by atoms with Gasteiger partial charge in [0, 0.05) is 6.54 Å². The smallest absolute Gasteiger partial charge is 0.243 e. The lowest BCUT2D eigenvalue weighted by Gasteiger charge is -2.10. The van der Waals surface area contributed by atoms with Gasteiger partial charge in [-0.15, -0.1) is 0 Å². The first kappa shape index (κ1) is 13.7. The van der Waals surface area contributed by atoms with Crippen molar-refractivity contribution in [2.24, 2.45) is 0 Å². The van der Waals surface area contributed by atoms with Crippen LogP contribution in [0.15, 0.2) is 23.1 Å². The minimum Gasteiger partial charge on any atom is -0.392 e. The Hall–Kier alpha value is -0.330. The number of sulfonamides is 1. The molecule has 0 aromatic heterocycles. The third-order valence-corrected chi connectivity index (χ3v) is 4.13. The summed E-state index contributed by atoms with van der Waals surface area (Å²) in [6, 6.07) is 4.42. The van der Waals surface area contributed by atoms with E-state index in [0.29, 0.717) is 0 Å². The lowest BCUT2D eigenvalue weighted by molar-refractivity contribution is 0.198. The molecular formula is C9H11Cl2NO3S. The molecule has 90 valence electrons. The summed E-state index contributed by atoms with van der Waals surface area (Å²) in [4.78, 5) is -0.168. The van der Waals surface area contributed by atoms with E-state index in [1.165, 1.54) is 19.1 Å². The summed E-state index contributed by atoms with van der Waals surface area (Å²) in [5, 5.41) is 9.10. The lowest BCUT2D eigenvalue weighted by Crippen LogP contribution is -2.31. The van der Waals surface area contributed by atoms with Crippen LogP contribution in [-0.4, -0.2) is 26.2 Å². The summed E-state index contributed by atoms with van der Waals surface area (Å²) < 4.78 is 25.8. The monoisotopic (exact) mass is 283 g/mol. The second-order valence-corrected chi connectivity index (χ2v) is 5.77. The van der Waals surface area contributed by atoms with Crippen LogP contribution in [0.1, 0.15) is 6.92 Å². The Morgan fingerprint density at radius 1 is 1.38 bits per heavy atom. The number of benzene rings is 1. The summed E-state index contributed by atoms with van der Waals surface area (Å²) in [7, 11) is -3.79. The molecule has 7 heteroatoms. The van der Waals surface area contributed by atoms with Gasteiger partial charge in [-0.25, -0.2) is 13.1 Å². The maximum absolute atomic E-state index is 11.8. The van der Waals surface area contributed by atoms with Crippen molar-refractivity contribution >= 4 is 33.2 Å². The van der Waals surface area contributed by atoms with E-state index in [1.807, 2.05) is 0 Å². The zero-order valence-electron chi connectivity index (χ0n) is 8.44. The Morgan fingerprint density at radius 3 is 2.31 bits per heavy atom. The van der Waals surface area contributed by atoms with Gasteiger partial charge in [-0.3, -0.25) is 0 Å². The molecule has 0 fully saturated rings. The third kappa shape index (κ3) is 3.33. The molecule has 1 aromatic carbocycles. The number of halogens is 2. The summed E-state index contributed by atoms with van der Waals surface area (Å²) in [5.74, 6) is 0. The fraction of sp³-hybridized carbons (Fsp3) is 0.333. The topological polar surface area (TPSA) is 66.4 Å². The number of hydrogen-bond acceptors (Lipinski definition) is 3. The molecule has 1 unspecified atom stereocenters. The van der Waals surface area contributed by atoms with Gasteiger partial charge in [-0.05, 0) is 19.1 Å². The molecule has 0 amide bonds. The number of aliphatic hydroxyl groups is 1. The summed E-state index contributed by atoms with van der Waals surface area (Å²) in [6.45, 7) is 1.38. The molecule has 1 rings (SSSR count). The van der Waals surface area contributed by atoms with E-state index in [0.717, 1.165) is 0 Å². The summed E-state index contributed by atoms with van der Waals surface area (Å²) in [6.07, 6.45) is -0.781. The normalized spacial score (nSPS) is 13.8. The highest BCUT2D eigenvalue weighted by Crippen LogP contribution is 2.28. The highest BCUT2D eigenvalue weighted by Gasteiger charge is 2.21. The van der Waals surface area contributed by atoms with Crippen molar-refractivity contribution in [3.63, 3.8) is 0 Å². The maximum atomic E-state index is 11.8. The molecule has 0 heterocycles. The predicted octanol–water partition coefficient (Wildman–Crippen LogP) is 1.65. The Labute approximate surface area is 104 Å². The minimum atomic E-state index is -3.79. The average Bonchev–Trinajstić information content (AvgIpc) is 2.14. The molecule has 1 aromatic rings. The Morgan fingerprint density at radius 2 is 1.88 bits per heavy atom. The van der Waals surface area contributed by atoms with Gasteiger partial charge in [0.1, 0.15) is 4.90 Å². The third-order valence-electron chi connectivity index (χ3n) is 1.76. The summed E-state index contributed by atoms with van der Waals surface area (Å²) in [5.41, 5.74) is 0. The zero-order chi connectivity index (χ0) is 12.3. The molecule has 1 atom stereocenters. The molecule has 4 nitrogen and oxygen atoms in total. The molecule has 0 bridgehead atoms. The van der Waals surface area contributed by atoms with E-state index in [2.05, 4.69) is 4.72 Å². The van der Waals surface area contributed by atoms with Crippen molar-refractivity contribution in [1.82, 2.24) is 4.72 Å². The molecule has 0 saturated carbocycles. The fourth-order valence-electron chi connectivity index (χ4n) is 1.04. The van der Waals surface area contributed by atoms with Crippen molar-refractivity contribution in [2.75, 3.05) is 6.54 Å². The van der Waals surface area contributed by atoms with Gasteiger partial charge < -0.3 is 5.11 Å². The van der Waals surface area contributed by atoms with Crippen LogP contribution >= 0.6 is 23.2 Å². The van der Waals surface area contributed by atoms with Crippen LogP contribution in [0.3, 0.4) is 0 Å². The van der Waals surface area contributed by atoms with Crippen molar-refractivity contribution in [1.29, 1.82) is 0 Å². The second kappa shape index (κ2) is 5.33. The molecule has 0 radical (unpaired) electrons. The van der Waals surface area contributed by atoms with Crippen LogP contribution in [0.4, 0.5) is 0 Å². The second-order valence-electron chi connectivity index (χ2n) is 3.25. The molecule has 0 aliphatic carbocycles. The SMILES string of the molecule is CC(O)CNS(=O)(=O)c1c(Cl)cccc1Cl. The average molecular weight is 284 g/mol. The van der Waals surface area contributed by atoms with Crippen LogP contribution < -0.4 is 4.72 Å². The van der Waals surface area contributed by atoms with Gasteiger partial charge in [0.25, 0.3) is 0 Å². The van der Waals surface area contributed by atoms with Crippen molar-refractivity contribution in [3.05, 3.63) is 28.2 Å². The van der Waals surface area contributed by atoms with E-state index in [1.54, 1.807) is 6.07 Å². The van der Waals surface area contributed by atoms with E-state index < -0.39 is 16.1 Å². The Balaban J connectivity index is 3.08. The quantitative estimate of drug-likeness (QED) is 0.883. The van der Waals surface area contributed by atoms with Gasteiger partial charge in [0.05, 0.1) is 16.1 Å². The van der Waals surface area contributed by atoms with Crippen LogP contribution in [0.25, 0.3) is 0 Å². The first-order valence-corrected chi connectivity index (χ1v) is 6.70. The highest BCUT2D eigenvalue weighted by atomic mass is 35.5.